The second kappa shape index (κ2) is 7.76. The van der Waals surface area contributed by atoms with Gasteiger partial charge in [-0.3, -0.25) is 0 Å². The molecular formula is C14H20ClN3O2S. The van der Waals surface area contributed by atoms with Crippen LogP contribution >= 0.6 is 12.4 Å². The first-order valence-corrected chi connectivity index (χ1v) is 8.25. The van der Waals surface area contributed by atoms with Gasteiger partial charge in [0.2, 0.25) is 10.0 Å². The van der Waals surface area contributed by atoms with Gasteiger partial charge in [-0.05, 0) is 56.5 Å². The molecule has 0 saturated carbocycles. The van der Waals surface area contributed by atoms with Crippen LogP contribution in [0.25, 0.3) is 0 Å². The van der Waals surface area contributed by atoms with Crippen LogP contribution in [-0.4, -0.2) is 27.5 Å². The average molecular weight is 330 g/mol. The lowest BCUT2D eigenvalue weighted by Crippen LogP contribution is -2.30. The second-order valence-corrected chi connectivity index (χ2v) is 6.84. The maximum atomic E-state index is 12.1. The minimum Gasteiger partial charge on any atom is -0.314 e. The smallest absolute Gasteiger partial charge is 0.240 e. The van der Waals surface area contributed by atoms with Crippen molar-refractivity contribution >= 4 is 22.4 Å². The fraction of sp³-hybridized carbons (Fsp3) is 0.500. The van der Waals surface area contributed by atoms with Gasteiger partial charge in [-0.15, -0.1) is 12.4 Å². The van der Waals surface area contributed by atoms with E-state index in [-0.39, 0.29) is 17.3 Å². The minimum atomic E-state index is -3.49. The lowest BCUT2D eigenvalue weighted by molar-refractivity contribution is 0.539. The molecule has 1 aromatic carbocycles. The van der Waals surface area contributed by atoms with Crippen molar-refractivity contribution in [1.82, 2.24) is 10.0 Å². The van der Waals surface area contributed by atoms with Crippen LogP contribution in [0.3, 0.4) is 0 Å². The summed E-state index contributed by atoms with van der Waals surface area (Å²) in [6.07, 6.45) is 3.07. The summed E-state index contributed by atoms with van der Waals surface area (Å²) in [5, 5.41) is 12.2. The van der Waals surface area contributed by atoms with E-state index in [1.54, 1.807) is 13.0 Å². The number of nitrogens with one attached hydrogen (secondary N) is 2. The van der Waals surface area contributed by atoms with Gasteiger partial charge in [-0.25, -0.2) is 13.1 Å². The van der Waals surface area contributed by atoms with Crippen molar-refractivity contribution in [3.8, 4) is 6.07 Å². The molecule has 2 N–H and O–H groups in total. The Kier molecular flexibility index (Phi) is 6.62. The molecule has 1 heterocycles. The van der Waals surface area contributed by atoms with Gasteiger partial charge in [0.15, 0.2) is 0 Å². The van der Waals surface area contributed by atoms with Gasteiger partial charge in [-0.1, -0.05) is 0 Å². The summed E-state index contributed by atoms with van der Waals surface area (Å²) in [4.78, 5) is 0.216. The van der Waals surface area contributed by atoms with Gasteiger partial charge in [0.25, 0.3) is 0 Å². The fourth-order valence-electron chi connectivity index (χ4n) is 2.38. The molecule has 1 aromatic rings. The van der Waals surface area contributed by atoms with E-state index in [0.29, 0.717) is 23.7 Å². The van der Waals surface area contributed by atoms with Crippen molar-refractivity contribution < 1.29 is 8.42 Å². The highest BCUT2D eigenvalue weighted by molar-refractivity contribution is 7.89. The van der Waals surface area contributed by atoms with Crippen LogP contribution in [0, 0.1) is 18.3 Å². The molecule has 116 valence electrons. The molecule has 1 atom stereocenters. The first-order valence-electron chi connectivity index (χ1n) is 6.77. The molecule has 0 bridgehead atoms. The highest BCUT2D eigenvalue weighted by atomic mass is 35.5. The number of benzene rings is 1. The van der Waals surface area contributed by atoms with E-state index in [1.165, 1.54) is 12.1 Å². The second-order valence-electron chi connectivity index (χ2n) is 5.07. The summed E-state index contributed by atoms with van der Waals surface area (Å²) in [5.74, 6) is 0. The van der Waals surface area contributed by atoms with Crippen LogP contribution in [-0.2, 0) is 10.0 Å². The monoisotopic (exact) mass is 329 g/mol. The first-order chi connectivity index (χ1) is 9.53. The van der Waals surface area contributed by atoms with Gasteiger partial charge in [0.1, 0.15) is 0 Å². The van der Waals surface area contributed by atoms with E-state index in [4.69, 9.17) is 5.26 Å². The topological polar surface area (TPSA) is 82.0 Å². The zero-order chi connectivity index (χ0) is 14.6. The summed E-state index contributed by atoms with van der Waals surface area (Å²) in [5.41, 5.74) is 1.17. The highest BCUT2D eigenvalue weighted by Gasteiger charge is 2.17. The molecule has 0 aromatic heterocycles. The third-order valence-corrected chi connectivity index (χ3v) is 5.03. The summed E-state index contributed by atoms with van der Waals surface area (Å²) in [6, 6.07) is 7.00. The summed E-state index contributed by atoms with van der Waals surface area (Å²) >= 11 is 0. The van der Waals surface area contributed by atoms with Crippen LogP contribution in [0.4, 0.5) is 0 Å². The van der Waals surface area contributed by atoms with Crippen molar-refractivity contribution in [3.63, 3.8) is 0 Å². The van der Waals surface area contributed by atoms with Gasteiger partial charge in [0.05, 0.1) is 16.5 Å². The molecule has 1 saturated heterocycles. The molecule has 21 heavy (non-hydrogen) atoms. The number of hydrogen-bond donors (Lipinski definition) is 2. The molecule has 0 aliphatic carbocycles. The molecular weight excluding hydrogens is 310 g/mol. The lowest BCUT2D eigenvalue weighted by atomic mass is 10.1. The molecule has 1 fully saturated rings. The van der Waals surface area contributed by atoms with Crippen molar-refractivity contribution in [2.75, 3.05) is 13.1 Å². The Morgan fingerprint density at radius 1 is 1.48 bits per heavy atom. The molecule has 0 amide bonds. The van der Waals surface area contributed by atoms with E-state index in [9.17, 15) is 8.42 Å². The van der Waals surface area contributed by atoms with Crippen molar-refractivity contribution in [2.45, 2.75) is 37.1 Å². The van der Waals surface area contributed by atoms with Gasteiger partial charge >= 0.3 is 0 Å². The lowest BCUT2D eigenvalue weighted by Gasteiger charge is -2.11. The van der Waals surface area contributed by atoms with E-state index in [1.807, 2.05) is 6.07 Å². The highest BCUT2D eigenvalue weighted by Crippen LogP contribution is 2.15. The molecule has 0 spiro atoms. The number of sulfonamides is 1. The van der Waals surface area contributed by atoms with Crippen molar-refractivity contribution in [3.05, 3.63) is 29.3 Å². The van der Waals surface area contributed by atoms with Gasteiger partial charge in [0, 0.05) is 12.6 Å². The summed E-state index contributed by atoms with van der Waals surface area (Å²) < 4.78 is 26.9. The Bertz CT molecular complexity index is 620. The number of nitrogens with zero attached hydrogens (tertiary/aromatic N) is 1. The van der Waals surface area contributed by atoms with E-state index < -0.39 is 10.0 Å². The maximum absolute atomic E-state index is 12.1. The molecule has 1 aliphatic rings. The third-order valence-electron chi connectivity index (χ3n) is 3.58. The Labute approximate surface area is 132 Å². The SMILES string of the molecule is Cc1cc(S(=O)(=O)NCC[C@H]2CCCN2)ccc1C#N.Cl. The molecule has 5 nitrogen and oxygen atoms in total. The summed E-state index contributed by atoms with van der Waals surface area (Å²) in [7, 11) is -3.49. The number of halogens is 1. The van der Waals surface area contributed by atoms with Crippen LogP contribution in [0.1, 0.15) is 30.4 Å². The van der Waals surface area contributed by atoms with Gasteiger partial charge in [-0.2, -0.15) is 5.26 Å². The quantitative estimate of drug-likeness (QED) is 0.861. The van der Waals surface area contributed by atoms with E-state index in [2.05, 4.69) is 10.0 Å². The fourth-order valence-corrected chi connectivity index (χ4v) is 3.52. The van der Waals surface area contributed by atoms with E-state index >= 15 is 0 Å². The minimum absolute atomic E-state index is 0. The van der Waals surface area contributed by atoms with E-state index in [0.717, 1.165) is 25.8 Å². The van der Waals surface area contributed by atoms with Crippen molar-refractivity contribution in [1.29, 1.82) is 5.26 Å². The number of aryl methyl sites for hydroxylation is 1. The van der Waals surface area contributed by atoms with Gasteiger partial charge < -0.3 is 5.32 Å². The standard InChI is InChI=1S/C14H19N3O2S.ClH/c1-11-9-14(5-4-12(11)10-15)20(18,19)17-8-6-13-3-2-7-16-13;/h4-5,9,13,16-17H,2-3,6-8H2,1H3;1H/t13-;/m1./s1. The Morgan fingerprint density at radius 2 is 2.24 bits per heavy atom. The Morgan fingerprint density at radius 3 is 2.81 bits per heavy atom. The number of hydrogen-bond acceptors (Lipinski definition) is 4. The molecule has 0 unspecified atom stereocenters. The number of nitriles is 1. The maximum Gasteiger partial charge on any atom is 0.240 e. The molecule has 0 radical (unpaired) electrons. The Balaban J connectivity index is 0.00000220. The average Bonchev–Trinajstić information content (AvgIpc) is 2.91. The molecule has 2 rings (SSSR count). The van der Waals surface area contributed by atoms with Crippen LogP contribution in [0.2, 0.25) is 0 Å². The van der Waals surface area contributed by atoms with Crippen LogP contribution in [0.15, 0.2) is 23.1 Å². The largest absolute Gasteiger partial charge is 0.314 e. The van der Waals surface area contributed by atoms with Crippen molar-refractivity contribution in [2.24, 2.45) is 0 Å². The van der Waals surface area contributed by atoms with Crippen LogP contribution in [0.5, 0.6) is 0 Å². The summed E-state index contributed by atoms with van der Waals surface area (Å²) in [6.45, 7) is 3.19. The normalized spacial score (nSPS) is 18.0. The Hall–Kier alpha value is -1.13. The molecule has 7 heteroatoms. The van der Waals surface area contributed by atoms with Crippen LogP contribution < -0.4 is 10.0 Å². The third kappa shape index (κ3) is 4.68. The predicted molar refractivity (Wildman–Crippen MR) is 84.0 cm³/mol. The first kappa shape index (κ1) is 17.9. The zero-order valence-electron chi connectivity index (χ0n) is 11.9. The zero-order valence-corrected chi connectivity index (χ0v) is 13.6. The predicted octanol–water partition coefficient (Wildman–Crippen LogP) is 1.71. The number of rotatable bonds is 5. The molecule has 1 aliphatic heterocycles.